The van der Waals surface area contributed by atoms with Crippen LogP contribution in [0.1, 0.15) is 16.7 Å². The number of hydrogen-bond acceptors (Lipinski definition) is 3. The molecule has 1 N–H and O–H groups in total. The maximum atomic E-state index is 13.0. The van der Waals surface area contributed by atoms with E-state index in [1.54, 1.807) is 19.1 Å². The number of halogens is 3. The number of fused-ring (bicyclic) bond motifs is 1. The summed E-state index contributed by atoms with van der Waals surface area (Å²) in [6.07, 6.45) is -5.18. The quantitative estimate of drug-likeness (QED) is 0.782. The molecule has 1 unspecified atom stereocenters. The summed E-state index contributed by atoms with van der Waals surface area (Å²) in [5.41, 5.74) is 2.16. The van der Waals surface area contributed by atoms with Gasteiger partial charge in [0.05, 0.1) is 0 Å². The summed E-state index contributed by atoms with van der Waals surface area (Å²) in [7, 11) is 0. The van der Waals surface area contributed by atoms with Gasteiger partial charge in [0.1, 0.15) is 5.76 Å². The molecular weight excluding hydrogens is 293 g/mol. The zero-order valence-electron chi connectivity index (χ0n) is 10.6. The first-order valence-electron chi connectivity index (χ1n) is 5.65. The van der Waals surface area contributed by atoms with Gasteiger partial charge >= 0.3 is 12.3 Å². The number of carboxylic acid groups (broad SMARTS) is 1. The van der Waals surface area contributed by atoms with Crippen molar-refractivity contribution in [2.75, 3.05) is 0 Å². The van der Waals surface area contributed by atoms with Gasteiger partial charge in [-0.25, -0.2) is 4.79 Å². The Kier molecular flexibility index (Phi) is 3.73. The van der Waals surface area contributed by atoms with Gasteiger partial charge in [-0.3, -0.25) is 0 Å². The molecule has 0 aliphatic carbocycles. The Bertz CT molecular complexity index is 593. The van der Waals surface area contributed by atoms with Crippen molar-refractivity contribution in [3.63, 3.8) is 0 Å². The van der Waals surface area contributed by atoms with Crippen LogP contribution in [-0.2, 0) is 4.74 Å². The van der Waals surface area contributed by atoms with Gasteiger partial charge in [0, 0.05) is 4.90 Å². The summed E-state index contributed by atoms with van der Waals surface area (Å²) in [4.78, 5) is 11.0. The van der Waals surface area contributed by atoms with Crippen LogP contribution in [0.25, 0.3) is 6.08 Å². The van der Waals surface area contributed by atoms with E-state index in [2.05, 4.69) is 4.74 Å². The van der Waals surface area contributed by atoms with Crippen LogP contribution in [0.5, 0.6) is 0 Å². The van der Waals surface area contributed by atoms with E-state index in [1.165, 1.54) is 0 Å². The molecule has 0 amide bonds. The Labute approximate surface area is 117 Å². The van der Waals surface area contributed by atoms with Crippen molar-refractivity contribution in [1.29, 1.82) is 0 Å². The second kappa shape index (κ2) is 5.05. The van der Waals surface area contributed by atoms with Crippen LogP contribution in [0.15, 0.2) is 22.8 Å². The average molecular weight is 304 g/mol. The Hall–Kier alpha value is -1.63. The molecule has 0 saturated heterocycles. The molecule has 0 saturated carbocycles. The lowest BCUT2D eigenvalue weighted by molar-refractivity contribution is -0.127. The molecule has 1 atom stereocenters. The largest absolute Gasteiger partial charge is 0.511 e. The summed E-state index contributed by atoms with van der Waals surface area (Å²) < 4.78 is 43.3. The van der Waals surface area contributed by atoms with Gasteiger partial charge in [-0.2, -0.15) is 13.2 Å². The van der Waals surface area contributed by atoms with Crippen LogP contribution in [0, 0.1) is 13.8 Å². The van der Waals surface area contributed by atoms with E-state index in [-0.39, 0.29) is 0 Å². The average Bonchev–Trinajstić information content (AvgIpc) is 2.25. The number of rotatable bonds is 1. The molecule has 0 radical (unpaired) electrons. The highest BCUT2D eigenvalue weighted by Gasteiger charge is 2.47. The first-order valence-corrected chi connectivity index (χ1v) is 6.53. The van der Waals surface area contributed by atoms with Gasteiger partial charge < -0.3 is 9.84 Å². The zero-order chi connectivity index (χ0) is 15.1. The van der Waals surface area contributed by atoms with Gasteiger partial charge in [0.15, 0.2) is 5.25 Å². The van der Waals surface area contributed by atoms with E-state index in [4.69, 9.17) is 5.11 Å². The van der Waals surface area contributed by atoms with Crippen molar-refractivity contribution in [2.45, 2.75) is 30.2 Å². The van der Waals surface area contributed by atoms with Crippen molar-refractivity contribution in [1.82, 2.24) is 0 Å². The third kappa shape index (κ3) is 2.92. The number of aryl methyl sites for hydroxylation is 2. The molecule has 1 heterocycles. The predicted molar refractivity (Wildman–Crippen MR) is 68.7 cm³/mol. The van der Waals surface area contributed by atoms with Gasteiger partial charge in [-0.1, -0.05) is 17.7 Å². The van der Waals surface area contributed by atoms with Crippen LogP contribution in [-0.4, -0.2) is 22.7 Å². The fourth-order valence-electron chi connectivity index (χ4n) is 2.07. The fraction of sp³-hybridized carbons (Fsp3) is 0.308. The lowest BCUT2D eigenvalue weighted by atomic mass is 10.1. The monoisotopic (exact) mass is 304 g/mol. The highest BCUT2D eigenvalue weighted by Crippen LogP contribution is 2.46. The minimum absolute atomic E-state index is 0.496. The van der Waals surface area contributed by atoms with Crippen LogP contribution in [0.2, 0.25) is 0 Å². The van der Waals surface area contributed by atoms with Crippen LogP contribution in [0.4, 0.5) is 18.0 Å². The van der Waals surface area contributed by atoms with Gasteiger partial charge in [-0.15, -0.1) is 11.8 Å². The maximum Gasteiger partial charge on any atom is 0.511 e. The first-order chi connectivity index (χ1) is 9.18. The summed E-state index contributed by atoms with van der Waals surface area (Å²) in [5, 5.41) is 6.56. The van der Waals surface area contributed by atoms with E-state index in [9.17, 15) is 18.0 Å². The highest BCUT2D eigenvalue weighted by molar-refractivity contribution is 8.00. The van der Waals surface area contributed by atoms with Crippen LogP contribution in [0.3, 0.4) is 0 Å². The molecule has 1 aromatic rings. The van der Waals surface area contributed by atoms with Gasteiger partial charge in [0.2, 0.25) is 0 Å². The Morgan fingerprint density at radius 1 is 1.35 bits per heavy atom. The van der Waals surface area contributed by atoms with E-state index >= 15 is 0 Å². The van der Waals surface area contributed by atoms with Crippen molar-refractivity contribution in [3.05, 3.63) is 34.6 Å². The zero-order valence-corrected chi connectivity index (χ0v) is 11.4. The molecule has 20 heavy (non-hydrogen) atoms. The van der Waals surface area contributed by atoms with Gasteiger partial charge in [0.25, 0.3) is 0 Å². The van der Waals surface area contributed by atoms with E-state index in [0.717, 1.165) is 17.2 Å². The number of benzene rings is 1. The van der Waals surface area contributed by atoms with Crippen molar-refractivity contribution in [3.8, 4) is 0 Å². The van der Waals surface area contributed by atoms with Crippen LogP contribution < -0.4 is 0 Å². The molecule has 108 valence electrons. The Balaban J connectivity index is 2.53. The first kappa shape index (κ1) is 14.8. The Morgan fingerprint density at radius 3 is 2.55 bits per heavy atom. The maximum absolute atomic E-state index is 13.0. The smallest absolute Gasteiger partial charge is 0.449 e. The third-order valence-corrected chi connectivity index (χ3v) is 4.27. The predicted octanol–water partition coefficient (Wildman–Crippen LogP) is 4.38. The fourth-order valence-corrected chi connectivity index (χ4v) is 3.17. The molecule has 0 bridgehead atoms. The molecule has 2 rings (SSSR count). The number of carbonyl (C=O) groups is 1. The lowest BCUT2D eigenvalue weighted by Gasteiger charge is -2.27. The second-order valence-electron chi connectivity index (χ2n) is 4.45. The minimum atomic E-state index is -4.58. The van der Waals surface area contributed by atoms with Crippen molar-refractivity contribution >= 4 is 24.0 Å². The number of thioether (sulfide) groups is 1. The summed E-state index contributed by atoms with van der Waals surface area (Å²) in [6.45, 7) is 3.54. The van der Waals surface area contributed by atoms with Crippen LogP contribution >= 0.6 is 11.8 Å². The molecule has 3 nitrogen and oxygen atoms in total. The lowest BCUT2D eigenvalue weighted by Crippen LogP contribution is -2.31. The molecule has 0 fully saturated rings. The third-order valence-electron chi connectivity index (χ3n) is 2.74. The molecule has 0 spiro atoms. The number of ether oxygens (including phenoxy) is 1. The Morgan fingerprint density at radius 2 is 2.00 bits per heavy atom. The molecule has 0 aromatic heterocycles. The molecular formula is C13H11F3O3S. The summed E-state index contributed by atoms with van der Waals surface area (Å²) >= 11 is 0.568. The topological polar surface area (TPSA) is 46.5 Å². The number of hydrogen-bond donors (Lipinski definition) is 1. The van der Waals surface area contributed by atoms with Crippen molar-refractivity contribution in [2.24, 2.45) is 0 Å². The molecule has 1 aromatic carbocycles. The molecule has 7 heteroatoms. The molecule has 1 aliphatic rings. The van der Waals surface area contributed by atoms with E-state index < -0.39 is 23.3 Å². The summed E-state index contributed by atoms with van der Waals surface area (Å²) in [6, 6.07) is 3.49. The summed E-state index contributed by atoms with van der Waals surface area (Å²) in [5.74, 6) is -0.604. The van der Waals surface area contributed by atoms with Gasteiger partial charge in [-0.05, 0) is 31.1 Å². The second-order valence-corrected chi connectivity index (χ2v) is 5.57. The van der Waals surface area contributed by atoms with E-state index in [0.29, 0.717) is 22.2 Å². The minimum Gasteiger partial charge on any atom is -0.449 e. The number of alkyl halides is 3. The highest BCUT2D eigenvalue weighted by atomic mass is 32.2. The molecule has 1 aliphatic heterocycles. The SMILES string of the molecule is Cc1cc(C)c2c(c1)C=C(OC(=O)O)C(C(F)(F)F)S2. The standard InChI is InChI=1S/C13H11F3O3S/c1-6-3-7(2)10-8(4-6)5-9(19-12(17)18)11(20-10)13(14,15)16/h3-5,11H,1-2H3,(H,17,18). The van der Waals surface area contributed by atoms with Crippen molar-refractivity contribution < 1.29 is 27.8 Å². The normalized spacial score (nSPS) is 18.2. The van der Waals surface area contributed by atoms with E-state index in [1.807, 2.05) is 6.92 Å².